The van der Waals surface area contributed by atoms with Crippen molar-refractivity contribution in [2.24, 2.45) is 0 Å². The van der Waals surface area contributed by atoms with Crippen LogP contribution in [0.2, 0.25) is 0 Å². The number of hydrogen-bond acceptors (Lipinski definition) is 1. The molecule has 2 aromatic rings. The Kier molecular flexibility index (Phi) is 2.81. The first kappa shape index (κ1) is 9.90. The van der Waals surface area contributed by atoms with Gasteiger partial charge in [0, 0.05) is 18.4 Å². The standard InChI is InChI=1S/C12H13FN2/c1-10-8-14-9-15(10)7-6-11-2-4-12(13)5-3-11/h2-5,8-9H,6-7H2,1H3. The van der Waals surface area contributed by atoms with Gasteiger partial charge in [0.2, 0.25) is 0 Å². The number of halogens is 1. The molecule has 0 saturated carbocycles. The Bertz CT molecular complexity index is 431. The third-order valence-corrected chi connectivity index (χ3v) is 2.48. The molecule has 15 heavy (non-hydrogen) atoms. The molecular weight excluding hydrogens is 191 g/mol. The highest BCUT2D eigenvalue weighted by Crippen LogP contribution is 2.06. The van der Waals surface area contributed by atoms with Gasteiger partial charge in [0.15, 0.2) is 0 Å². The molecule has 0 aliphatic rings. The average Bonchev–Trinajstić information content (AvgIpc) is 2.63. The third kappa shape index (κ3) is 2.43. The summed E-state index contributed by atoms with van der Waals surface area (Å²) in [5.41, 5.74) is 2.29. The Morgan fingerprint density at radius 3 is 2.60 bits per heavy atom. The maximum Gasteiger partial charge on any atom is 0.123 e. The molecule has 0 fully saturated rings. The second-order valence-electron chi connectivity index (χ2n) is 3.60. The van der Waals surface area contributed by atoms with E-state index >= 15 is 0 Å². The summed E-state index contributed by atoms with van der Waals surface area (Å²) in [5, 5.41) is 0. The number of aryl methyl sites for hydroxylation is 3. The molecular formula is C12H13FN2. The van der Waals surface area contributed by atoms with Crippen molar-refractivity contribution in [1.82, 2.24) is 9.55 Å². The maximum atomic E-state index is 12.6. The summed E-state index contributed by atoms with van der Waals surface area (Å²) in [6.45, 7) is 2.91. The Morgan fingerprint density at radius 2 is 2.00 bits per heavy atom. The van der Waals surface area contributed by atoms with Crippen LogP contribution in [-0.4, -0.2) is 9.55 Å². The van der Waals surface area contributed by atoms with Crippen LogP contribution in [0, 0.1) is 12.7 Å². The molecule has 0 saturated heterocycles. The molecule has 1 heterocycles. The van der Waals surface area contributed by atoms with E-state index in [4.69, 9.17) is 0 Å². The van der Waals surface area contributed by atoms with E-state index in [0.717, 1.165) is 24.2 Å². The zero-order valence-corrected chi connectivity index (χ0v) is 8.65. The average molecular weight is 204 g/mol. The number of nitrogens with zero attached hydrogens (tertiary/aromatic N) is 2. The van der Waals surface area contributed by atoms with E-state index in [2.05, 4.69) is 9.55 Å². The van der Waals surface area contributed by atoms with Gasteiger partial charge in [0.1, 0.15) is 5.82 Å². The smallest absolute Gasteiger partial charge is 0.123 e. The Hall–Kier alpha value is -1.64. The van der Waals surface area contributed by atoms with Crippen molar-refractivity contribution in [3.8, 4) is 0 Å². The number of aromatic nitrogens is 2. The SMILES string of the molecule is Cc1cncn1CCc1ccc(F)cc1. The van der Waals surface area contributed by atoms with Gasteiger partial charge in [-0.2, -0.15) is 0 Å². The zero-order valence-electron chi connectivity index (χ0n) is 8.65. The molecule has 3 heteroatoms. The molecule has 0 atom stereocenters. The minimum absolute atomic E-state index is 0.183. The lowest BCUT2D eigenvalue weighted by molar-refractivity contribution is 0.625. The van der Waals surface area contributed by atoms with Gasteiger partial charge >= 0.3 is 0 Å². The van der Waals surface area contributed by atoms with Crippen molar-refractivity contribution >= 4 is 0 Å². The fourth-order valence-electron chi connectivity index (χ4n) is 1.52. The van der Waals surface area contributed by atoms with Crippen LogP contribution in [-0.2, 0) is 13.0 Å². The number of rotatable bonds is 3. The fourth-order valence-corrected chi connectivity index (χ4v) is 1.52. The summed E-state index contributed by atoms with van der Waals surface area (Å²) in [5.74, 6) is -0.183. The first-order valence-corrected chi connectivity index (χ1v) is 4.97. The lowest BCUT2D eigenvalue weighted by Gasteiger charge is -2.04. The van der Waals surface area contributed by atoms with Crippen molar-refractivity contribution in [2.75, 3.05) is 0 Å². The van der Waals surface area contributed by atoms with Crippen LogP contribution in [0.3, 0.4) is 0 Å². The topological polar surface area (TPSA) is 17.8 Å². The summed E-state index contributed by atoms with van der Waals surface area (Å²) in [7, 11) is 0. The highest BCUT2D eigenvalue weighted by Gasteiger charge is 1.98. The van der Waals surface area contributed by atoms with Crippen molar-refractivity contribution in [3.05, 3.63) is 53.9 Å². The molecule has 1 aromatic heterocycles. The van der Waals surface area contributed by atoms with Crippen LogP contribution < -0.4 is 0 Å². The number of imidazole rings is 1. The predicted molar refractivity (Wildman–Crippen MR) is 57.1 cm³/mol. The van der Waals surface area contributed by atoms with Gasteiger partial charge in [0.25, 0.3) is 0 Å². The van der Waals surface area contributed by atoms with Crippen molar-refractivity contribution in [2.45, 2.75) is 19.9 Å². The van der Waals surface area contributed by atoms with Gasteiger partial charge in [-0.15, -0.1) is 0 Å². The van der Waals surface area contributed by atoms with Crippen LogP contribution in [0.4, 0.5) is 4.39 Å². The number of hydrogen-bond donors (Lipinski definition) is 0. The van der Waals surface area contributed by atoms with E-state index in [1.165, 1.54) is 12.1 Å². The molecule has 0 N–H and O–H groups in total. The lowest BCUT2D eigenvalue weighted by Crippen LogP contribution is -2.01. The van der Waals surface area contributed by atoms with Crippen LogP contribution in [0.1, 0.15) is 11.3 Å². The highest BCUT2D eigenvalue weighted by molar-refractivity contribution is 5.16. The molecule has 0 aliphatic carbocycles. The second-order valence-corrected chi connectivity index (χ2v) is 3.60. The van der Waals surface area contributed by atoms with Crippen LogP contribution in [0.25, 0.3) is 0 Å². The van der Waals surface area contributed by atoms with Gasteiger partial charge in [-0.25, -0.2) is 9.37 Å². The second kappa shape index (κ2) is 4.26. The zero-order chi connectivity index (χ0) is 10.7. The highest BCUT2D eigenvalue weighted by atomic mass is 19.1. The Morgan fingerprint density at radius 1 is 1.27 bits per heavy atom. The first-order valence-electron chi connectivity index (χ1n) is 4.97. The molecule has 2 nitrogen and oxygen atoms in total. The van der Waals surface area contributed by atoms with E-state index < -0.39 is 0 Å². The van der Waals surface area contributed by atoms with Gasteiger partial charge < -0.3 is 4.57 Å². The minimum Gasteiger partial charge on any atom is -0.335 e. The van der Waals surface area contributed by atoms with Crippen molar-refractivity contribution in [1.29, 1.82) is 0 Å². The summed E-state index contributed by atoms with van der Waals surface area (Å²) in [6.07, 6.45) is 4.56. The molecule has 0 bridgehead atoms. The molecule has 2 rings (SSSR count). The molecule has 0 spiro atoms. The van der Waals surface area contributed by atoms with Crippen LogP contribution in [0.15, 0.2) is 36.8 Å². The van der Waals surface area contributed by atoms with Crippen LogP contribution in [0.5, 0.6) is 0 Å². The molecule has 0 aliphatic heterocycles. The van der Waals surface area contributed by atoms with E-state index in [1.54, 1.807) is 0 Å². The summed E-state index contributed by atoms with van der Waals surface area (Å²) in [4.78, 5) is 4.05. The van der Waals surface area contributed by atoms with Gasteiger partial charge in [-0.3, -0.25) is 0 Å². The van der Waals surface area contributed by atoms with E-state index in [-0.39, 0.29) is 5.82 Å². The molecule has 0 amide bonds. The molecule has 0 unspecified atom stereocenters. The minimum atomic E-state index is -0.183. The Balaban J connectivity index is 1.99. The van der Waals surface area contributed by atoms with E-state index in [0.29, 0.717) is 0 Å². The first-order chi connectivity index (χ1) is 7.25. The van der Waals surface area contributed by atoms with Gasteiger partial charge in [-0.1, -0.05) is 12.1 Å². The van der Waals surface area contributed by atoms with Gasteiger partial charge in [0.05, 0.1) is 6.33 Å². The Labute approximate surface area is 88.4 Å². The third-order valence-electron chi connectivity index (χ3n) is 2.48. The summed E-state index contributed by atoms with van der Waals surface area (Å²) in [6, 6.07) is 6.63. The summed E-state index contributed by atoms with van der Waals surface area (Å²) >= 11 is 0. The number of benzene rings is 1. The van der Waals surface area contributed by atoms with Gasteiger partial charge in [-0.05, 0) is 31.0 Å². The molecule has 1 aromatic carbocycles. The molecule has 78 valence electrons. The lowest BCUT2D eigenvalue weighted by atomic mass is 10.1. The van der Waals surface area contributed by atoms with E-state index in [9.17, 15) is 4.39 Å². The molecule has 0 radical (unpaired) electrons. The fraction of sp³-hybridized carbons (Fsp3) is 0.250. The maximum absolute atomic E-state index is 12.6. The predicted octanol–water partition coefficient (Wildman–Crippen LogP) is 2.57. The van der Waals surface area contributed by atoms with Crippen molar-refractivity contribution in [3.63, 3.8) is 0 Å². The van der Waals surface area contributed by atoms with Crippen LogP contribution >= 0.6 is 0 Å². The largest absolute Gasteiger partial charge is 0.335 e. The summed E-state index contributed by atoms with van der Waals surface area (Å²) < 4.78 is 14.7. The van der Waals surface area contributed by atoms with E-state index in [1.807, 2.05) is 31.6 Å². The van der Waals surface area contributed by atoms with Crippen molar-refractivity contribution < 1.29 is 4.39 Å². The normalized spacial score (nSPS) is 10.5. The quantitative estimate of drug-likeness (QED) is 0.751. The monoisotopic (exact) mass is 204 g/mol.